The van der Waals surface area contributed by atoms with Crippen LogP contribution in [-0.2, 0) is 11.3 Å². The molecular weight excluding hydrogens is 258 g/mol. The fraction of sp³-hybridized carbons (Fsp3) is 0.214. The fourth-order valence-corrected chi connectivity index (χ4v) is 1.71. The summed E-state index contributed by atoms with van der Waals surface area (Å²) < 4.78 is 12.0. The van der Waals surface area contributed by atoms with Crippen LogP contribution in [0.1, 0.15) is 15.9 Å². The number of pyridine rings is 1. The highest BCUT2D eigenvalue weighted by Gasteiger charge is 2.18. The second kappa shape index (κ2) is 6.51. The Bertz CT molecular complexity index is 594. The molecule has 6 nitrogen and oxygen atoms in total. The van der Waals surface area contributed by atoms with Crippen molar-refractivity contribution in [2.24, 2.45) is 0 Å². The largest absolute Gasteiger partial charge is 0.475 e. The van der Waals surface area contributed by atoms with Crippen LogP contribution in [0, 0.1) is 0 Å². The second-order valence-electron chi connectivity index (χ2n) is 3.89. The summed E-state index contributed by atoms with van der Waals surface area (Å²) in [7, 11) is 1.32. The highest BCUT2D eigenvalue weighted by Crippen LogP contribution is 2.21. The molecule has 0 saturated heterocycles. The van der Waals surface area contributed by atoms with Crippen LogP contribution < -0.4 is 4.74 Å². The molecule has 0 amide bonds. The zero-order chi connectivity index (χ0) is 14.4. The van der Waals surface area contributed by atoms with Crippen LogP contribution in [0.2, 0.25) is 0 Å². The van der Waals surface area contributed by atoms with Crippen molar-refractivity contribution in [1.29, 1.82) is 0 Å². The molecule has 6 heteroatoms. The van der Waals surface area contributed by atoms with Crippen LogP contribution in [0.3, 0.4) is 0 Å². The molecule has 20 heavy (non-hydrogen) atoms. The second-order valence-corrected chi connectivity index (χ2v) is 3.89. The highest BCUT2D eigenvalue weighted by molar-refractivity contribution is 5.95. The van der Waals surface area contributed by atoms with E-state index in [-0.39, 0.29) is 11.4 Å². The number of nitrogens with zero attached hydrogens (tertiary/aromatic N) is 3. The van der Waals surface area contributed by atoms with Crippen molar-refractivity contribution in [3.8, 4) is 5.88 Å². The van der Waals surface area contributed by atoms with Gasteiger partial charge in [-0.1, -0.05) is 12.7 Å². The molecule has 0 N–H and O–H groups in total. The van der Waals surface area contributed by atoms with E-state index in [1.807, 2.05) is 12.3 Å². The van der Waals surface area contributed by atoms with Gasteiger partial charge in [0, 0.05) is 18.6 Å². The Morgan fingerprint density at radius 3 is 3.00 bits per heavy atom. The lowest BCUT2D eigenvalue weighted by Gasteiger charge is -2.11. The third kappa shape index (κ3) is 3.03. The van der Waals surface area contributed by atoms with Crippen molar-refractivity contribution in [2.75, 3.05) is 13.7 Å². The summed E-state index contributed by atoms with van der Waals surface area (Å²) >= 11 is 0. The summed E-state index contributed by atoms with van der Waals surface area (Å²) in [6, 6.07) is 3.51. The van der Waals surface area contributed by atoms with E-state index >= 15 is 0 Å². The van der Waals surface area contributed by atoms with Crippen LogP contribution in [0.15, 0.2) is 37.3 Å². The molecule has 2 aromatic rings. The van der Waals surface area contributed by atoms with Gasteiger partial charge in [0.05, 0.1) is 13.7 Å². The van der Waals surface area contributed by atoms with Gasteiger partial charge < -0.3 is 9.47 Å². The van der Waals surface area contributed by atoms with Gasteiger partial charge in [0.25, 0.3) is 0 Å². The lowest BCUT2D eigenvalue weighted by Crippen LogP contribution is -2.13. The number of methoxy groups -OCH3 is 1. The number of rotatable bonds is 6. The molecule has 0 radical (unpaired) electrons. The first kappa shape index (κ1) is 13.8. The van der Waals surface area contributed by atoms with Gasteiger partial charge in [0.1, 0.15) is 12.2 Å². The smallest absolute Gasteiger partial charge is 0.344 e. The van der Waals surface area contributed by atoms with E-state index in [0.29, 0.717) is 18.7 Å². The summed E-state index contributed by atoms with van der Waals surface area (Å²) in [4.78, 5) is 15.9. The maximum absolute atomic E-state index is 11.8. The number of carbonyl (C=O) groups excluding carboxylic acids is 1. The molecule has 0 bridgehead atoms. The van der Waals surface area contributed by atoms with Gasteiger partial charge in [-0.2, -0.15) is 5.10 Å². The predicted molar refractivity (Wildman–Crippen MR) is 73.4 cm³/mol. The fourth-order valence-electron chi connectivity index (χ4n) is 1.71. The standard InChI is InChI=1S/C14H15N3O3/c1-3-11-5-7-15-13(12(11)14(18)19-2)20-10-9-17-8-4-6-16-17/h3-8H,1,9-10H2,2H3. The number of hydrogen-bond donors (Lipinski definition) is 0. The van der Waals surface area contributed by atoms with Crippen molar-refractivity contribution in [2.45, 2.75) is 6.54 Å². The summed E-state index contributed by atoms with van der Waals surface area (Å²) in [5.41, 5.74) is 0.909. The van der Waals surface area contributed by atoms with E-state index in [2.05, 4.69) is 16.7 Å². The average Bonchev–Trinajstić information content (AvgIpc) is 2.99. The highest BCUT2D eigenvalue weighted by atomic mass is 16.5. The molecule has 0 spiro atoms. The van der Waals surface area contributed by atoms with Crippen molar-refractivity contribution in [3.63, 3.8) is 0 Å². The van der Waals surface area contributed by atoms with Crippen LogP contribution in [0.5, 0.6) is 5.88 Å². The van der Waals surface area contributed by atoms with Crippen molar-refractivity contribution in [1.82, 2.24) is 14.8 Å². The Hall–Kier alpha value is -2.63. The molecule has 0 aromatic carbocycles. The predicted octanol–water partition coefficient (Wildman–Crippen LogP) is 1.79. The minimum absolute atomic E-state index is 0.237. The maximum atomic E-state index is 11.8. The topological polar surface area (TPSA) is 66.2 Å². The molecule has 0 saturated carbocycles. The minimum Gasteiger partial charge on any atom is -0.475 e. The average molecular weight is 273 g/mol. The van der Waals surface area contributed by atoms with Crippen LogP contribution >= 0.6 is 0 Å². The summed E-state index contributed by atoms with van der Waals surface area (Å²) in [6.07, 6.45) is 6.65. The molecule has 2 heterocycles. The molecule has 104 valence electrons. The molecule has 0 aliphatic carbocycles. The lowest BCUT2D eigenvalue weighted by molar-refractivity contribution is 0.0594. The zero-order valence-corrected chi connectivity index (χ0v) is 11.2. The van der Waals surface area contributed by atoms with Crippen molar-refractivity contribution < 1.29 is 14.3 Å². The summed E-state index contributed by atoms with van der Waals surface area (Å²) in [5.74, 6) is -0.261. The Morgan fingerprint density at radius 2 is 2.35 bits per heavy atom. The monoisotopic (exact) mass is 273 g/mol. The first-order valence-electron chi connectivity index (χ1n) is 6.06. The van der Waals surface area contributed by atoms with Gasteiger partial charge in [0.2, 0.25) is 5.88 Å². The minimum atomic E-state index is -0.498. The third-order valence-corrected chi connectivity index (χ3v) is 2.68. The molecular formula is C14H15N3O3. The van der Waals surface area contributed by atoms with Gasteiger partial charge in [-0.15, -0.1) is 0 Å². The SMILES string of the molecule is C=Cc1ccnc(OCCn2cccn2)c1C(=O)OC. The molecule has 2 rings (SSSR count). The van der Waals surface area contributed by atoms with Gasteiger partial charge in [-0.05, 0) is 17.7 Å². The quantitative estimate of drug-likeness (QED) is 0.751. The van der Waals surface area contributed by atoms with E-state index in [9.17, 15) is 4.79 Å². The van der Waals surface area contributed by atoms with Gasteiger partial charge in [0.15, 0.2) is 0 Å². The molecule has 0 atom stereocenters. The van der Waals surface area contributed by atoms with Gasteiger partial charge in [-0.25, -0.2) is 9.78 Å². The Kier molecular flexibility index (Phi) is 4.49. The molecule has 0 unspecified atom stereocenters. The van der Waals surface area contributed by atoms with E-state index < -0.39 is 5.97 Å². The van der Waals surface area contributed by atoms with Crippen molar-refractivity contribution in [3.05, 3.63) is 48.4 Å². The van der Waals surface area contributed by atoms with E-state index in [0.717, 1.165) is 0 Å². The van der Waals surface area contributed by atoms with Gasteiger partial charge >= 0.3 is 5.97 Å². The van der Waals surface area contributed by atoms with Crippen molar-refractivity contribution >= 4 is 12.0 Å². The number of ether oxygens (including phenoxy) is 2. The normalized spacial score (nSPS) is 10.1. The number of carbonyl (C=O) groups is 1. The molecule has 2 aromatic heterocycles. The van der Waals surface area contributed by atoms with Crippen LogP contribution in [0.4, 0.5) is 0 Å². The number of esters is 1. The van der Waals surface area contributed by atoms with E-state index in [1.54, 1.807) is 29.2 Å². The maximum Gasteiger partial charge on any atom is 0.344 e. The molecule has 0 aliphatic heterocycles. The van der Waals surface area contributed by atoms with Crippen LogP contribution in [-0.4, -0.2) is 34.5 Å². The Balaban J connectivity index is 2.14. The molecule has 0 fully saturated rings. The first-order chi connectivity index (χ1) is 9.76. The Labute approximate surface area is 116 Å². The van der Waals surface area contributed by atoms with E-state index in [1.165, 1.54) is 7.11 Å². The van der Waals surface area contributed by atoms with Crippen LogP contribution in [0.25, 0.3) is 6.08 Å². The third-order valence-electron chi connectivity index (χ3n) is 2.68. The first-order valence-corrected chi connectivity index (χ1v) is 6.06. The zero-order valence-electron chi connectivity index (χ0n) is 11.2. The van der Waals surface area contributed by atoms with E-state index in [4.69, 9.17) is 9.47 Å². The van der Waals surface area contributed by atoms with Gasteiger partial charge in [-0.3, -0.25) is 4.68 Å². The number of aromatic nitrogens is 3. The number of hydrogen-bond acceptors (Lipinski definition) is 5. The summed E-state index contributed by atoms with van der Waals surface area (Å²) in [5, 5.41) is 4.06. The molecule has 0 aliphatic rings. The Morgan fingerprint density at radius 1 is 1.50 bits per heavy atom. The lowest BCUT2D eigenvalue weighted by atomic mass is 10.1. The summed E-state index contributed by atoms with van der Waals surface area (Å²) in [6.45, 7) is 4.57.